The standard InChI is InChI=1S/C13H22N4O/c1-5-17(8-11(18)16-9(2)3)13-12(14)10(4)6-7-15-13/h6-7,9H,5,8,14H2,1-4H3,(H,16,18). The molecule has 0 bridgehead atoms. The van der Waals surface area contributed by atoms with Crippen LogP contribution in [-0.4, -0.2) is 30.0 Å². The van der Waals surface area contributed by atoms with Crippen LogP contribution >= 0.6 is 0 Å². The highest BCUT2D eigenvalue weighted by Crippen LogP contribution is 2.22. The van der Waals surface area contributed by atoms with Gasteiger partial charge in [0.05, 0.1) is 12.2 Å². The number of aryl methyl sites for hydroxylation is 1. The first-order valence-electron chi connectivity index (χ1n) is 6.21. The van der Waals surface area contributed by atoms with E-state index in [1.165, 1.54) is 0 Å². The maximum absolute atomic E-state index is 11.8. The van der Waals surface area contributed by atoms with Crippen molar-refractivity contribution in [2.45, 2.75) is 33.7 Å². The SMILES string of the molecule is CCN(CC(=O)NC(C)C)c1nccc(C)c1N. The fraction of sp³-hybridized carbons (Fsp3) is 0.538. The number of anilines is 2. The number of nitrogens with zero attached hydrogens (tertiary/aromatic N) is 2. The minimum absolute atomic E-state index is 0.0189. The summed E-state index contributed by atoms with van der Waals surface area (Å²) in [6.07, 6.45) is 1.71. The summed E-state index contributed by atoms with van der Waals surface area (Å²) in [4.78, 5) is 17.9. The molecular weight excluding hydrogens is 228 g/mol. The highest BCUT2D eigenvalue weighted by molar-refractivity contribution is 5.82. The van der Waals surface area contributed by atoms with Crippen LogP contribution < -0.4 is 16.0 Å². The Bertz CT molecular complexity index is 417. The topological polar surface area (TPSA) is 71.2 Å². The molecule has 0 spiro atoms. The Morgan fingerprint density at radius 1 is 1.56 bits per heavy atom. The molecule has 1 heterocycles. The van der Waals surface area contributed by atoms with Crippen molar-refractivity contribution in [1.29, 1.82) is 0 Å². The van der Waals surface area contributed by atoms with Gasteiger partial charge in [-0.05, 0) is 39.3 Å². The number of nitrogens with two attached hydrogens (primary N) is 1. The number of aromatic nitrogens is 1. The number of hydrogen-bond donors (Lipinski definition) is 2. The second kappa shape index (κ2) is 6.23. The third kappa shape index (κ3) is 3.61. The van der Waals surface area contributed by atoms with E-state index in [4.69, 9.17) is 5.73 Å². The third-order valence-electron chi connectivity index (χ3n) is 2.65. The molecule has 5 nitrogen and oxygen atoms in total. The van der Waals surface area contributed by atoms with Crippen molar-refractivity contribution in [3.8, 4) is 0 Å². The van der Waals surface area contributed by atoms with Gasteiger partial charge >= 0.3 is 0 Å². The molecule has 0 unspecified atom stereocenters. The molecule has 0 aliphatic carbocycles. The van der Waals surface area contributed by atoms with E-state index in [0.29, 0.717) is 18.1 Å². The van der Waals surface area contributed by atoms with Crippen LogP contribution in [0, 0.1) is 6.92 Å². The summed E-state index contributed by atoms with van der Waals surface area (Å²) in [6, 6.07) is 2.00. The van der Waals surface area contributed by atoms with Crippen molar-refractivity contribution in [2.24, 2.45) is 0 Å². The van der Waals surface area contributed by atoms with Crippen molar-refractivity contribution in [3.63, 3.8) is 0 Å². The Morgan fingerprint density at radius 2 is 2.22 bits per heavy atom. The highest BCUT2D eigenvalue weighted by atomic mass is 16.2. The average Bonchev–Trinajstić information content (AvgIpc) is 2.29. The minimum Gasteiger partial charge on any atom is -0.396 e. The quantitative estimate of drug-likeness (QED) is 0.827. The third-order valence-corrected chi connectivity index (χ3v) is 2.65. The lowest BCUT2D eigenvalue weighted by Gasteiger charge is -2.23. The molecule has 100 valence electrons. The first-order valence-corrected chi connectivity index (χ1v) is 6.21. The lowest BCUT2D eigenvalue weighted by Crippen LogP contribution is -2.40. The molecule has 1 rings (SSSR count). The van der Waals surface area contributed by atoms with E-state index in [2.05, 4.69) is 10.3 Å². The molecule has 0 radical (unpaired) electrons. The maximum Gasteiger partial charge on any atom is 0.239 e. The predicted octanol–water partition coefficient (Wildman–Crippen LogP) is 1.32. The second-order valence-electron chi connectivity index (χ2n) is 4.60. The number of nitrogens with one attached hydrogen (secondary N) is 1. The molecule has 0 fully saturated rings. The number of likely N-dealkylation sites (N-methyl/N-ethyl adjacent to an activating group) is 1. The van der Waals surface area contributed by atoms with Gasteiger partial charge in [-0.1, -0.05) is 0 Å². The smallest absolute Gasteiger partial charge is 0.239 e. The van der Waals surface area contributed by atoms with E-state index in [-0.39, 0.29) is 18.5 Å². The summed E-state index contributed by atoms with van der Waals surface area (Å²) < 4.78 is 0. The number of pyridine rings is 1. The largest absolute Gasteiger partial charge is 0.396 e. The molecule has 3 N–H and O–H groups in total. The van der Waals surface area contributed by atoms with E-state index in [0.717, 1.165) is 5.56 Å². The van der Waals surface area contributed by atoms with E-state index in [1.807, 2.05) is 38.7 Å². The van der Waals surface area contributed by atoms with Gasteiger partial charge in [0.25, 0.3) is 0 Å². The van der Waals surface area contributed by atoms with Gasteiger partial charge in [-0.15, -0.1) is 0 Å². The molecule has 5 heteroatoms. The van der Waals surface area contributed by atoms with Crippen molar-refractivity contribution in [1.82, 2.24) is 10.3 Å². The zero-order valence-corrected chi connectivity index (χ0v) is 11.5. The summed E-state index contributed by atoms with van der Waals surface area (Å²) >= 11 is 0. The molecule has 0 aliphatic heterocycles. The highest BCUT2D eigenvalue weighted by Gasteiger charge is 2.15. The Kier molecular flexibility index (Phi) is 4.95. The van der Waals surface area contributed by atoms with Crippen LogP contribution in [0.15, 0.2) is 12.3 Å². The van der Waals surface area contributed by atoms with Crippen LogP contribution in [0.25, 0.3) is 0 Å². The zero-order valence-electron chi connectivity index (χ0n) is 11.5. The molecule has 0 saturated carbocycles. The van der Waals surface area contributed by atoms with Gasteiger partial charge < -0.3 is 16.0 Å². The Hall–Kier alpha value is -1.78. The van der Waals surface area contributed by atoms with Gasteiger partial charge in [-0.2, -0.15) is 0 Å². The first kappa shape index (κ1) is 14.3. The zero-order chi connectivity index (χ0) is 13.7. The molecular formula is C13H22N4O. The maximum atomic E-state index is 11.8. The number of amides is 1. The van der Waals surface area contributed by atoms with E-state index in [9.17, 15) is 4.79 Å². The van der Waals surface area contributed by atoms with Gasteiger partial charge in [-0.25, -0.2) is 4.98 Å². The fourth-order valence-corrected chi connectivity index (χ4v) is 1.68. The van der Waals surface area contributed by atoms with E-state index >= 15 is 0 Å². The second-order valence-corrected chi connectivity index (χ2v) is 4.60. The molecule has 1 amide bonds. The summed E-state index contributed by atoms with van der Waals surface area (Å²) in [5.74, 6) is 0.658. The van der Waals surface area contributed by atoms with Crippen LogP contribution in [0.1, 0.15) is 26.3 Å². The Morgan fingerprint density at radius 3 is 2.78 bits per heavy atom. The number of carbonyl (C=O) groups is 1. The molecule has 0 aromatic carbocycles. The van der Waals surface area contributed by atoms with Gasteiger partial charge in [0.2, 0.25) is 5.91 Å². The Balaban J connectivity index is 2.83. The lowest BCUT2D eigenvalue weighted by atomic mass is 10.2. The van der Waals surface area contributed by atoms with Crippen LogP contribution in [0.3, 0.4) is 0 Å². The fourth-order valence-electron chi connectivity index (χ4n) is 1.68. The first-order chi connectivity index (χ1) is 8.45. The van der Waals surface area contributed by atoms with Gasteiger partial charge in [0.1, 0.15) is 0 Å². The molecule has 0 atom stereocenters. The van der Waals surface area contributed by atoms with Crippen LogP contribution in [0.4, 0.5) is 11.5 Å². The number of nitrogen functional groups attached to an aromatic ring is 1. The van der Waals surface area contributed by atoms with Crippen molar-refractivity contribution in [2.75, 3.05) is 23.7 Å². The molecule has 0 aliphatic rings. The predicted molar refractivity (Wildman–Crippen MR) is 74.6 cm³/mol. The number of carbonyl (C=O) groups excluding carboxylic acids is 1. The van der Waals surface area contributed by atoms with E-state index in [1.54, 1.807) is 6.20 Å². The van der Waals surface area contributed by atoms with Crippen molar-refractivity contribution < 1.29 is 4.79 Å². The lowest BCUT2D eigenvalue weighted by molar-refractivity contribution is -0.120. The van der Waals surface area contributed by atoms with Crippen LogP contribution in [-0.2, 0) is 4.79 Å². The van der Waals surface area contributed by atoms with Gasteiger partial charge in [-0.3, -0.25) is 4.79 Å². The van der Waals surface area contributed by atoms with Crippen molar-refractivity contribution >= 4 is 17.4 Å². The van der Waals surface area contributed by atoms with Gasteiger partial charge in [0, 0.05) is 18.8 Å². The Labute approximate surface area is 108 Å². The summed E-state index contributed by atoms with van der Waals surface area (Å²) in [6.45, 7) is 8.75. The van der Waals surface area contributed by atoms with Crippen molar-refractivity contribution in [3.05, 3.63) is 17.8 Å². The van der Waals surface area contributed by atoms with Crippen LogP contribution in [0.2, 0.25) is 0 Å². The normalized spacial score (nSPS) is 10.5. The summed E-state index contributed by atoms with van der Waals surface area (Å²) in [5, 5.41) is 2.86. The number of rotatable bonds is 5. The summed E-state index contributed by atoms with van der Waals surface area (Å²) in [7, 11) is 0. The monoisotopic (exact) mass is 250 g/mol. The van der Waals surface area contributed by atoms with Gasteiger partial charge in [0.15, 0.2) is 5.82 Å². The summed E-state index contributed by atoms with van der Waals surface area (Å²) in [5.41, 5.74) is 7.61. The molecule has 18 heavy (non-hydrogen) atoms. The minimum atomic E-state index is -0.0189. The molecule has 1 aromatic rings. The number of hydrogen-bond acceptors (Lipinski definition) is 4. The molecule has 0 saturated heterocycles. The van der Waals surface area contributed by atoms with Crippen LogP contribution in [0.5, 0.6) is 0 Å². The average molecular weight is 250 g/mol. The van der Waals surface area contributed by atoms with E-state index < -0.39 is 0 Å². The molecule has 1 aromatic heterocycles.